The average Bonchev–Trinajstić information content (AvgIpc) is 2.32. The van der Waals surface area contributed by atoms with Crippen molar-refractivity contribution >= 4 is 0 Å². The van der Waals surface area contributed by atoms with Crippen molar-refractivity contribution in [2.24, 2.45) is 0 Å². The maximum Gasteiger partial charge on any atom is 0.162 e. The van der Waals surface area contributed by atoms with Crippen molar-refractivity contribution in [1.82, 2.24) is 0 Å². The highest BCUT2D eigenvalue weighted by molar-refractivity contribution is 5.07. The fraction of sp³-hybridized carbons (Fsp3) is 0.750. The van der Waals surface area contributed by atoms with E-state index in [-0.39, 0.29) is 19.0 Å². The van der Waals surface area contributed by atoms with E-state index >= 15 is 0 Å². The lowest BCUT2D eigenvalue weighted by molar-refractivity contribution is -0.136. The maximum atomic E-state index is 8.78. The Kier molecular flexibility index (Phi) is 3.05. The normalized spacial score (nSPS) is 31.3. The Balaban J connectivity index is 2.36. The van der Waals surface area contributed by atoms with Gasteiger partial charge in [-0.15, -0.1) is 0 Å². The largest absolute Gasteiger partial charge is 0.393 e. The van der Waals surface area contributed by atoms with Gasteiger partial charge in [0, 0.05) is 13.0 Å². The number of hydrogen-bond donors (Lipinski definition) is 1. The van der Waals surface area contributed by atoms with Crippen LogP contribution in [-0.2, 0) is 9.47 Å². The molecule has 1 N–H and O–H groups in total. The second kappa shape index (κ2) is 3.85. The van der Waals surface area contributed by atoms with Crippen LogP contribution in [0.3, 0.4) is 0 Å². The molecular formula is C8H14O3. The summed E-state index contributed by atoms with van der Waals surface area (Å²) in [6.07, 6.45) is 0.301. The van der Waals surface area contributed by atoms with Gasteiger partial charge in [-0.2, -0.15) is 0 Å². The molecule has 3 nitrogen and oxygen atoms in total. The monoisotopic (exact) mass is 158 g/mol. The predicted octanol–water partition coefficient (Wildman–Crippen LogP) is 0.686. The van der Waals surface area contributed by atoms with E-state index < -0.39 is 0 Å². The van der Waals surface area contributed by atoms with E-state index in [4.69, 9.17) is 14.6 Å². The summed E-state index contributed by atoms with van der Waals surface area (Å²) in [5, 5.41) is 8.78. The van der Waals surface area contributed by atoms with Gasteiger partial charge >= 0.3 is 0 Å². The third kappa shape index (κ3) is 2.02. The van der Waals surface area contributed by atoms with Gasteiger partial charge in [0.25, 0.3) is 0 Å². The molecule has 0 amide bonds. The summed E-state index contributed by atoms with van der Waals surface area (Å²) >= 11 is 0. The molecular weight excluding hydrogens is 144 g/mol. The smallest absolute Gasteiger partial charge is 0.162 e. The van der Waals surface area contributed by atoms with Crippen molar-refractivity contribution in [3.8, 4) is 0 Å². The van der Waals surface area contributed by atoms with Crippen LogP contribution >= 0.6 is 0 Å². The van der Waals surface area contributed by atoms with Crippen LogP contribution in [0.4, 0.5) is 0 Å². The van der Waals surface area contributed by atoms with Crippen molar-refractivity contribution < 1.29 is 14.6 Å². The average molecular weight is 158 g/mol. The number of rotatable bonds is 3. The van der Waals surface area contributed by atoms with Crippen LogP contribution in [0.2, 0.25) is 0 Å². The first-order valence-corrected chi connectivity index (χ1v) is 3.83. The van der Waals surface area contributed by atoms with Gasteiger partial charge in [-0.05, 0) is 12.5 Å². The van der Waals surface area contributed by atoms with E-state index in [1.54, 1.807) is 0 Å². The molecule has 0 aliphatic carbocycles. The molecule has 3 heteroatoms. The Morgan fingerprint density at radius 2 is 2.55 bits per heavy atom. The molecule has 0 aromatic carbocycles. The summed E-state index contributed by atoms with van der Waals surface area (Å²) in [5.74, 6) is 0. The van der Waals surface area contributed by atoms with Crippen LogP contribution in [0.1, 0.15) is 13.3 Å². The maximum absolute atomic E-state index is 8.78. The van der Waals surface area contributed by atoms with Gasteiger partial charge in [0.1, 0.15) is 6.10 Å². The molecule has 1 saturated heterocycles. The van der Waals surface area contributed by atoms with E-state index in [9.17, 15) is 0 Å². The minimum Gasteiger partial charge on any atom is -0.393 e. The Labute approximate surface area is 66.6 Å². The predicted molar refractivity (Wildman–Crippen MR) is 41.1 cm³/mol. The zero-order chi connectivity index (χ0) is 8.27. The van der Waals surface area contributed by atoms with E-state index in [2.05, 4.69) is 6.58 Å². The molecule has 0 unspecified atom stereocenters. The second-order valence-electron chi connectivity index (χ2n) is 2.55. The van der Waals surface area contributed by atoms with Crippen LogP contribution < -0.4 is 0 Å². The molecule has 1 fully saturated rings. The first-order valence-electron chi connectivity index (χ1n) is 3.83. The first-order chi connectivity index (χ1) is 5.27. The minimum absolute atomic E-state index is 0.00239. The van der Waals surface area contributed by atoms with Crippen LogP contribution in [-0.4, -0.2) is 30.7 Å². The first kappa shape index (κ1) is 8.71. The number of hydrogen-bond acceptors (Lipinski definition) is 3. The molecule has 2 atom stereocenters. The lowest BCUT2D eigenvalue weighted by Crippen LogP contribution is -2.17. The SMILES string of the molecule is C=C1C[C@H](OCC)O[C@@H]1CO. The lowest BCUT2D eigenvalue weighted by atomic mass is 10.1. The molecule has 0 bridgehead atoms. The van der Waals surface area contributed by atoms with Crippen LogP contribution in [0, 0.1) is 0 Å². The third-order valence-electron chi connectivity index (χ3n) is 1.72. The third-order valence-corrected chi connectivity index (χ3v) is 1.72. The Bertz CT molecular complexity index is 144. The number of aliphatic hydroxyl groups excluding tert-OH is 1. The van der Waals surface area contributed by atoms with Gasteiger partial charge in [-0.25, -0.2) is 0 Å². The second-order valence-corrected chi connectivity index (χ2v) is 2.55. The molecule has 0 aromatic heterocycles. The molecule has 64 valence electrons. The molecule has 1 aliphatic rings. The number of aliphatic hydroxyl groups is 1. The highest BCUT2D eigenvalue weighted by atomic mass is 16.7. The van der Waals surface area contributed by atoms with Gasteiger partial charge in [0.15, 0.2) is 6.29 Å². The number of ether oxygens (including phenoxy) is 2. The van der Waals surface area contributed by atoms with E-state index in [1.165, 1.54) is 0 Å². The minimum atomic E-state index is -0.216. The summed E-state index contributed by atoms with van der Waals surface area (Å²) in [5.41, 5.74) is 0.922. The van der Waals surface area contributed by atoms with Crippen molar-refractivity contribution in [2.45, 2.75) is 25.7 Å². The van der Waals surface area contributed by atoms with E-state index in [0.717, 1.165) is 5.57 Å². The Morgan fingerprint density at radius 3 is 3.00 bits per heavy atom. The fourth-order valence-electron chi connectivity index (χ4n) is 1.13. The topological polar surface area (TPSA) is 38.7 Å². The van der Waals surface area contributed by atoms with Crippen LogP contribution in [0.15, 0.2) is 12.2 Å². The summed E-state index contributed by atoms with van der Waals surface area (Å²) in [7, 11) is 0. The van der Waals surface area contributed by atoms with Gasteiger partial charge in [-0.1, -0.05) is 6.58 Å². The van der Waals surface area contributed by atoms with Gasteiger partial charge in [-0.3, -0.25) is 0 Å². The molecule has 0 radical (unpaired) electrons. The van der Waals surface area contributed by atoms with Gasteiger partial charge < -0.3 is 14.6 Å². The fourth-order valence-corrected chi connectivity index (χ4v) is 1.13. The molecule has 11 heavy (non-hydrogen) atoms. The zero-order valence-electron chi connectivity index (χ0n) is 6.75. The standard InChI is InChI=1S/C8H14O3/c1-3-10-8-4-6(2)7(5-9)11-8/h7-9H,2-5H2,1H3/t7-,8-/m1/s1. The van der Waals surface area contributed by atoms with Gasteiger partial charge in [0.05, 0.1) is 6.61 Å². The van der Waals surface area contributed by atoms with Crippen molar-refractivity contribution in [1.29, 1.82) is 0 Å². The van der Waals surface area contributed by atoms with Gasteiger partial charge in [0.2, 0.25) is 0 Å². The quantitative estimate of drug-likeness (QED) is 0.614. The van der Waals surface area contributed by atoms with Crippen molar-refractivity contribution in [2.75, 3.05) is 13.2 Å². The van der Waals surface area contributed by atoms with E-state index in [1.807, 2.05) is 6.92 Å². The molecule has 1 heterocycles. The molecule has 0 spiro atoms. The van der Waals surface area contributed by atoms with Crippen LogP contribution in [0.25, 0.3) is 0 Å². The lowest BCUT2D eigenvalue weighted by Gasteiger charge is -2.10. The zero-order valence-corrected chi connectivity index (χ0v) is 6.75. The highest BCUT2D eigenvalue weighted by Gasteiger charge is 2.27. The molecule has 1 aliphatic heterocycles. The van der Waals surface area contributed by atoms with Crippen LogP contribution in [0.5, 0.6) is 0 Å². The summed E-state index contributed by atoms with van der Waals surface area (Å²) < 4.78 is 10.5. The molecule has 1 rings (SSSR count). The molecule has 0 aromatic rings. The highest BCUT2D eigenvalue weighted by Crippen LogP contribution is 2.24. The summed E-state index contributed by atoms with van der Waals surface area (Å²) in [6, 6.07) is 0. The summed E-state index contributed by atoms with van der Waals surface area (Å²) in [4.78, 5) is 0. The van der Waals surface area contributed by atoms with Crippen molar-refractivity contribution in [3.63, 3.8) is 0 Å². The summed E-state index contributed by atoms with van der Waals surface area (Å²) in [6.45, 7) is 6.33. The van der Waals surface area contributed by atoms with E-state index in [0.29, 0.717) is 13.0 Å². The molecule has 0 saturated carbocycles. The Hall–Kier alpha value is -0.380. The van der Waals surface area contributed by atoms with Crippen molar-refractivity contribution in [3.05, 3.63) is 12.2 Å². The Morgan fingerprint density at radius 1 is 1.82 bits per heavy atom.